The first-order chi connectivity index (χ1) is 7.50. The van der Waals surface area contributed by atoms with Gasteiger partial charge in [-0.25, -0.2) is 0 Å². The molecule has 0 N–H and O–H groups in total. The monoisotopic (exact) mass is 230 g/mol. The van der Waals surface area contributed by atoms with Crippen LogP contribution in [0.5, 0.6) is 0 Å². The summed E-state index contributed by atoms with van der Waals surface area (Å²) in [5.74, 6) is -0.447. The van der Waals surface area contributed by atoms with Gasteiger partial charge < -0.3 is 9.47 Å². The van der Waals surface area contributed by atoms with Crippen LogP contribution in [0.15, 0.2) is 0 Å². The zero-order valence-electron chi connectivity index (χ0n) is 10.7. The molecule has 0 aliphatic rings. The number of carbonyl (C=O) groups excluding carboxylic acids is 2. The Balaban J connectivity index is 4.52. The minimum Gasteiger partial charge on any atom is -0.449 e. The van der Waals surface area contributed by atoms with E-state index < -0.39 is 5.60 Å². The Kier molecular flexibility index (Phi) is 6.97. The van der Waals surface area contributed by atoms with Gasteiger partial charge in [0.1, 0.15) is 0 Å². The highest BCUT2D eigenvalue weighted by Crippen LogP contribution is 2.16. The van der Waals surface area contributed by atoms with Crippen LogP contribution < -0.4 is 0 Å². The topological polar surface area (TPSA) is 52.6 Å². The van der Waals surface area contributed by atoms with Crippen molar-refractivity contribution in [3.8, 4) is 0 Å². The highest BCUT2D eigenvalue weighted by atomic mass is 16.6. The van der Waals surface area contributed by atoms with Crippen LogP contribution in [0.2, 0.25) is 0 Å². The molecular weight excluding hydrogens is 208 g/mol. The number of ketones is 1. The fraction of sp³-hybridized carbons (Fsp3) is 0.833. The number of rotatable bonds is 8. The average Bonchev–Trinajstić information content (AvgIpc) is 2.25. The molecule has 1 unspecified atom stereocenters. The van der Waals surface area contributed by atoms with Gasteiger partial charge in [0.2, 0.25) is 0 Å². The van der Waals surface area contributed by atoms with E-state index >= 15 is 0 Å². The third-order valence-corrected chi connectivity index (χ3v) is 2.29. The minimum atomic E-state index is -1.13. The molecule has 0 saturated heterocycles. The predicted molar refractivity (Wildman–Crippen MR) is 61.2 cm³/mol. The summed E-state index contributed by atoms with van der Waals surface area (Å²) in [5.41, 5.74) is -1.13. The van der Waals surface area contributed by atoms with Crippen LogP contribution >= 0.6 is 0 Å². The molecule has 0 rings (SSSR count). The summed E-state index contributed by atoms with van der Waals surface area (Å²) in [5, 5.41) is 0. The lowest BCUT2D eigenvalue weighted by molar-refractivity contribution is -0.172. The molecule has 0 radical (unpaired) electrons. The van der Waals surface area contributed by atoms with Crippen LogP contribution in [-0.4, -0.2) is 30.6 Å². The number of Topliss-reactive ketones (excluding diaryl/α,β-unsaturated/α-hetero) is 1. The van der Waals surface area contributed by atoms with E-state index in [0.29, 0.717) is 25.9 Å². The van der Waals surface area contributed by atoms with Gasteiger partial charge in [-0.3, -0.25) is 9.59 Å². The number of hydrogen-bond acceptors (Lipinski definition) is 4. The lowest BCUT2D eigenvalue weighted by atomic mass is 9.99. The van der Waals surface area contributed by atoms with E-state index in [4.69, 9.17) is 9.47 Å². The smallest absolute Gasteiger partial charge is 0.306 e. The molecule has 4 heteroatoms. The van der Waals surface area contributed by atoms with Crippen molar-refractivity contribution in [1.82, 2.24) is 0 Å². The maximum atomic E-state index is 11.7. The standard InChI is InChI=1S/C12H22O4/c1-5-8-11(14)16-12(4,9-15-7-3)10(13)6-2/h5-9H2,1-4H3. The van der Waals surface area contributed by atoms with Gasteiger partial charge in [-0.15, -0.1) is 0 Å². The summed E-state index contributed by atoms with van der Waals surface area (Å²) >= 11 is 0. The van der Waals surface area contributed by atoms with Crippen molar-refractivity contribution in [3.63, 3.8) is 0 Å². The lowest BCUT2D eigenvalue weighted by Crippen LogP contribution is -2.44. The molecule has 0 saturated carbocycles. The maximum Gasteiger partial charge on any atom is 0.306 e. The number of carbonyl (C=O) groups is 2. The second-order valence-electron chi connectivity index (χ2n) is 3.87. The van der Waals surface area contributed by atoms with Crippen molar-refractivity contribution in [2.45, 2.75) is 52.6 Å². The van der Waals surface area contributed by atoms with Gasteiger partial charge in [-0.2, -0.15) is 0 Å². The number of ether oxygens (including phenoxy) is 2. The summed E-state index contributed by atoms with van der Waals surface area (Å²) in [4.78, 5) is 23.1. The molecule has 0 heterocycles. The van der Waals surface area contributed by atoms with E-state index in [1.54, 1.807) is 13.8 Å². The molecule has 0 amide bonds. The van der Waals surface area contributed by atoms with Gasteiger partial charge in [0.25, 0.3) is 0 Å². The molecule has 0 spiro atoms. The van der Waals surface area contributed by atoms with E-state index in [1.165, 1.54) is 0 Å². The summed E-state index contributed by atoms with van der Waals surface area (Å²) in [6, 6.07) is 0. The third-order valence-electron chi connectivity index (χ3n) is 2.29. The Hall–Kier alpha value is -0.900. The van der Waals surface area contributed by atoms with E-state index in [0.717, 1.165) is 0 Å². The van der Waals surface area contributed by atoms with E-state index in [9.17, 15) is 9.59 Å². The molecule has 1 atom stereocenters. The summed E-state index contributed by atoms with van der Waals surface area (Å²) in [6.07, 6.45) is 1.38. The van der Waals surface area contributed by atoms with Gasteiger partial charge in [0.15, 0.2) is 11.4 Å². The normalized spacial score (nSPS) is 14.2. The Morgan fingerprint density at radius 2 is 1.81 bits per heavy atom. The predicted octanol–water partition coefficient (Wildman–Crippen LogP) is 2.10. The molecule has 0 aromatic rings. The van der Waals surface area contributed by atoms with E-state index in [2.05, 4.69) is 0 Å². The fourth-order valence-electron chi connectivity index (χ4n) is 1.34. The van der Waals surface area contributed by atoms with Crippen LogP contribution in [0.4, 0.5) is 0 Å². The highest BCUT2D eigenvalue weighted by molar-refractivity contribution is 5.89. The second-order valence-corrected chi connectivity index (χ2v) is 3.87. The number of hydrogen-bond donors (Lipinski definition) is 0. The molecule has 0 aromatic carbocycles. The maximum absolute atomic E-state index is 11.7. The molecule has 4 nitrogen and oxygen atoms in total. The minimum absolute atomic E-state index is 0.106. The van der Waals surface area contributed by atoms with Crippen LogP contribution in [0.3, 0.4) is 0 Å². The largest absolute Gasteiger partial charge is 0.449 e. The average molecular weight is 230 g/mol. The Morgan fingerprint density at radius 1 is 1.19 bits per heavy atom. The first kappa shape index (κ1) is 15.1. The molecule has 94 valence electrons. The van der Waals surface area contributed by atoms with Crippen molar-refractivity contribution in [2.24, 2.45) is 0 Å². The molecular formula is C12H22O4. The van der Waals surface area contributed by atoms with Gasteiger partial charge in [-0.05, 0) is 20.3 Å². The second kappa shape index (κ2) is 7.39. The Labute approximate surface area is 97.3 Å². The quantitative estimate of drug-likeness (QED) is 0.599. The lowest BCUT2D eigenvalue weighted by Gasteiger charge is -2.27. The Bertz CT molecular complexity index is 237. The summed E-state index contributed by atoms with van der Waals surface area (Å²) < 4.78 is 10.4. The van der Waals surface area contributed by atoms with Crippen LogP contribution in [0.25, 0.3) is 0 Å². The fourth-order valence-corrected chi connectivity index (χ4v) is 1.34. The van der Waals surface area contributed by atoms with Gasteiger partial charge in [0.05, 0.1) is 6.61 Å². The van der Waals surface area contributed by atoms with Crippen molar-refractivity contribution in [2.75, 3.05) is 13.2 Å². The number of esters is 1. The summed E-state index contributed by atoms with van der Waals surface area (Å²) in [7, 11) is 0. The zero-order chi connectivity index (χ0) is 12.6. The first-order valence-corrected chi connectivity index (χ1v) is 5.83. The van der Waals surface area contributed by atoms with Crippen molar-refractivity contribution >= 4 is 11.8 Å². The zero-order valence-corrected chi connectivity index (χ0v) is 10.7. The SMILES string of the molecule is CCCC(=O)OC(C)(COCC)C(=O)CC. The third kappa shape index (κ3) is 4.75. The van der Waals surface area contributed by atoms with E-state index in [1.807, 2.05) is 13.8 Å². The van der Waals surface area contributed by atoms with Crippen molar-refractivity contribution < 1.29 is 19.1 Å². The van der Waals surface area contributed by atoms with Gasteiger partial charge in [-0.1, -0.05) is 13.8 Å². The first-order valence-electron chi connectivity index (χ1n) is 5.83. The highest BCUT2D eigenvalue weighted by Gasteiger charge is 2.35. The molecule has 0 fully saturated rings. The van der Waals surface area contributed by atoms with Crippen LogP contribution in [0.1, 0.15) is 47.0 Å². The molecule has 0 aromatic heterocycles. The molecule has 16 heavy (non-hydrogen) atoms. The van der Waals surface area contributed by atoms with Gasteiger partial charge in [0, 0.05) is 19.4 Å². The van der Waals surface area contributed by atoms with Gasteiger partial charge >= 0.3 is 5.97 Å². The molecule has 0 bridgehead atoms. The van der Waals surface area contributed by atoms with E-state index in [-0.39, 0.29) is 18.4 Å². The summed E-state index contributed by atoms with van der Waals surface area (Å²) in [6.45, 7) is 7.72. The van der Waals surface area contributed by atoms with Crippen LogP contribution in [0, 0.1) is 0 Å². The van der Waals surface area contributed by atoms with Crippen molar-refractivity contribution in [3.05, 3.63) is 0 Å². The van der Waals surface area contributed by atoms with Crippen molar-refractivity contribution in [1.29, 1.82) is 0 Å². The molecule has 0 aliphatic heterocycles. The molecule has 0 aliphatic carbocycles. The van der Waals surface area contributed by atoms with Crippen LogP contribution in [-0.2, 0) is 19.1 Å². The Morgan fingerprint density at radius 3 is 2.25 bits per heavy atom.